The van der Waals surface area contributed by atoms with Gasteiger partial charge in [0, 0.05) is 11.1 Å². The summed E-state index contributed by atoms with van der Waals surface area (Å²) in [5, 5.41) is 2.18. The average Bonchev–Trinajstić information content (AvgIpc) is 2.54. The summed E-state index contributed by atoms with van der Waals surface area (Å²) in [4.78, 5) is 12.5. The molecule has 1 heteroatoms. The predicted molar refractivity (Wildman–Crippen MR) is 83.8 cm³/mol. The van der Waals surface area contributed by atoms with Crippen molar-refractivity contribution in [1.82, 2.24) is 0 Å². The van der Waals surface area contributed by atoms with E-state index in [-0.39, 0.29) is 5.78 Å². The number of benzene rings is 3. The van der Waals surface area contributed by atoms with E-state index >= 15 is 0 Å². The normalized spacial score (nSPS) is 10.4. The van der Waals surface area contributed by atoms with E-state index in [0.29, 0.717) is 11.1 Å². The summed E-state index contributed by atoms with van der Waals surface area (Å²) in [6.07, 6.45) is 0. The molecule has 0 atom stereocenters. The summed E-state index contributed by atoms with van der Waals surface area (Å²) < 4.78 is 0. The van der Waals surface area contributed by atoms with Gasteiger partial charge in [-0.05, 0) is 16.3 Å². The number of allylic oxidation sites excluding steroid dienone is 1. The zero-order valence-electron chi connectivity index (χ0n) is 11.0. The van der Waals surface area contributed by atoms with Crippen molar-refractivity contribution in [3.8, 4) is 0 Å². The molecule has 0 bridgehead atoms. The first kappa shape index (κ1) is 12.4. The zero-order chi connectivity index (χ0) is 13.9. The Kier molecular flexibility index (Phi) is 3.18. The topological polar surface area (TPSA) is 17.1 Å². The molecular weight excluding hydrogens is 244 g/mol. The molecule has 0 unspecified atom stereocenters. The van der Waals surface area contributed by atoms with E-state index in [4.69, 9.17) is 0 Å². The van der Waals surface area contributed by atoms with Gasteiger partial charge in [0.15, 0.2) is 5.78 Å². The number of fused-ring (bicyclic) bond motifs is 1. The van der Waals surface area contributed by atoms with E-state index in [9.17, 15) is 4.79 Å². The van der Waals surface area contributed by atoms with Crippen LogP contribution in [0.25, 0.3) is 16.3 Å². The van der Waals surface area contributed by atoms with Crippen LogP contribution in [-0.2, 0) is 0 Å². The highest BCUT2D eigenvalue weighted by Gasteiger charge is 2.13. The van der Waals surface area contributed by atoms with Gasteiger partial charge in [0.2, 0.25) is 0 Å². The van der Waals surface area contributed by atoms with Gasteiger partial charge in [-0.15, -0.1) is 0 Å². The van der Waals surface area contributed by atoms with E-state index in [1.165, 1.54) is 0 Å². The Morgan fingerprint density at radius 3 is 2.20 bits per heavy atom. The summed E-state index contributed by atoms with van der Waals surface area (Å²) in [5.74, 6) is -0.0260. The first-order valence-electron chi connectivity index (χ1n) is 6.54. The fraction of sp³-hybridized carbons (Fsp3) is 0. The van der Waals surface area contributed by atoms with Gasteiger partial charge in [-0.2, -0.15) is 0 Å². The third-order valence-corrected chi connectivity index (χ3v) is 3.42. The number of rotatable bonds is 3. The third-order valence-electron chi connectivity index (χ3n) is 3.42. The van der Waals surface area contributed by atoms with Crippen LogP contribution in [0.3, 0.4) is 0 Å². The molecule has 0 saturated carbocycles. The molecule has 0 aliphatic rings. The van der Waals surface area contributed by atoms with Crippen LogP contribution in [0.4, 0.5) is 0 Å². The van der Waals surface area contributed by atoms with Crippen LogP contribution in [-0.4, -0.2) is 5.78 Å². The molecule has 0 spiro atoms. The van der Waals surface area contributed by atoms with Crippen molar-refractivity contribution in [2.24, 2.45) is 0 Å². The standard InChI is InChI=1S/C19H14O/c1-14(19(20)16-9-3-2-4-10-16)17-13-7-11-15-8-5-6-12-18(15)17/h2-13H,1H2. The lowest BCUT2D eigenvalue weighted by atomic mass is 9.94. The number of ketones is 1. The summed E-state index contributed by atoms with van der Waals surface area (Å²) in [5.41, 5.74) is 2.11. The van der Waals surface area contributed by atoms with E-state index in [1.54, 1.807) is 0 Å². The maximum absolute atomic E-state index is 12.5. The molecule has 3 aromatic rings. The van der Waals surface area contributed by atoms with Gasteiger partial charge in [-0.1, -0.05) is 79.4 Å². The van der Waals surface area contributed by atoms with E-state index in [1.807, 2.05) is 72.8 Å². The quantitative estimate of drug-likeness (QED) is 0.490. The smallest absolute Gasteiger partial charge is 0.193 e. The molecular formula is C19H14O. The van der Waals surface area contributed by atoms with Crippen LogP contribution in [0.2, 0.25) is 0 Å². The van der Waals surface area contributed by atoms with Crippen LogP contribution >= 0.6 is 0 Å². The molecule has 0 aliphatic heterocycles. The lowest BCUT2D eigenvalue weighted by Crippen LogP contribution is -2.01. The maximum Gasteiger partial charge on any atom is 0.193 e. The summed E-state index contributed by atoms with van der Waals surface area (Å²) in [6, 6.07) is 23.3. The minimum Gasteiger partial charge on any atom is -0.289 e. The fourth-order valence-corrected chi connectivity index (χ4v) is 2.37. The number of carbonyl (C=O) groups is 1. The van der Waals surface area contributed by atoms with Gasteiger partial charge < -0.3 is 0 Å². The number of Topliss-reactive ketones (excluding diaryl/α,β-unsaturated/α-hetero) is 1. The molecule has 3 aromatic carbocycles. The Morgan fingerprint density at radius 1 is 0.750 bits per heavy atom. The first-order valence-corrected chi connectivity index (χ1v) is 6.54. The zero-order valence-corrected chi connectivity index (χ0v) is 11.0. The Balaban J connectivity index is 2.08. The minimum absolute atomic E-state index is 0.0260. The Morgan fingerprint density at radius 2 is 1.40 bits per heavy atom. The lowest BCUT2D eigenvalue weighted by Gasteiger charge is -2.09. The molecule has 0 aromatic heterocycles. The summed E-state index contributed by atoms with van der Waals surface area (Å²) in [7, 11) is 0. The van der Waals surface area contributed by atoms with Crippen LogP contribution < -0.4 is 0 Å². The number of carbonyl (C=O) groups excluding carboxylic acids is 1. The second-order valence-corrected chi connectivity index (χ2v) is 4.70. The van der Waals surface area contributed by atoms with Crippen molar-refractivity contribution in [3.63, 3.8) is 0 Å². The van der Waals surface area contributed by atoms with Gasteiger partial charge in [0.05, 0.1) is 0 Å². The highest BCUT2D eigenvalue weighted by atomic mass is 16.1. The van der Waals surface area contributed by atoms with Crippen LogP contribution in [0.15, 0.2) is 79.4 Å². The number of hydrogen-bond donors (Lipinski definition) is 0. The second-order valence-electron chi connectivity index (χ2n) is 4.70. The fourth-order valence-electron chi connectivity index (χ4n) is 2.37. The van der Waals surface area contributed by atoms with E-state index in [0.717, 1.165) is 16.3 Å². The first-order chi connectivity index (χ1) is 9.77. The van der Waals surface area contributed by atoms with Crippen molar-refractivity contribution >= 4 is 22.1 Å². The average molecular weight is 258 g/mol. The molecule has 0 heterocycles. The van der Waals surface area contributed by atoms with Crippen molar-refractivity contribution in [2.75, 3.05) is 0 Å². The van der Waals surface area contributed by atoms with Crippen LogP contribution in [0.1, 0.15) is 15.9 Å². The lowest BCUT2D eigenvalue weighted by molar-refractivity contribution is 0.105. The molecule has 0 amide bonds. The highest BCUT2D eigenvalue weighted by molar-refractivity contribution is 6.30. The Labute approximate surface area is 118 Å². The molecule has 0 fully saturated rings. The minimum atomic E-state index is -0.0260. The molecule has 1 nitrogen and oxygen atoms in total. The van der Waals surface area contributed by atoms with Crippen LogP contribution in [0.5, 0.6) is 0 Å². The van der Waals surface area contributed by atoms with Gasteiger partial charge >= 0.3 is 0 Å². The molecule has 3 rings (SSSR count). The molecule has 96 valence electrons. The summed E-state index contributed by atoms with van der Waals surface area (Å²) >= 11 is 0. The SMILES string of the molecule is C=C(C(=O)c1ccccc1)c1cccc2ccccc12. The Bertz CT molecular complexity index is 780. The molecule has 0 aliphatic carbocycles. The van der Waals surface area contributed by atoms with E-state index in [2.05, 4.69) is 6.58 Å². The van der Waals surface area contributed by atoms with Crippen molar-refractivity contribution < 1.29 is 4.79 Å². The van der Waals surface area contributed by atoms with Crippen molar-refractivity contribution in [2.45, 2.75) is 0 Å². The molecule has 0 radical (unpaired) electrons. The van der Waals surface area contributed by atoms with Gasteiger partial charge in [-0.3, -0.25) is 4.79 Å². The molecule has 0 N–H and O–H groups in total. The largest absolute Gasteiger partial charge is 0.289 e. The van der Waals surface area contributed by atoms with Crippen molar-refractivity contribution in [3.05, 3.63) is 90.5 Å². The molecule has 20 heavy (non-hydrogen) atoms. The number of hydrogen-bond acceptors (Lipinski definition) is 1. The third kappa shape index (κ3) is 2.14. The summed E-state index contributed by atoms with van der Waals surface area (Å²) in [6.45, 7) is 4.00. The van der Waals surface area contributed by atoms with Gasteiger partial charge in [-0.25, -0.2) is 0 Å². The van der Waals surface area contributed by atoms with Crippen molar-refractivity contribution in [1.29, 1.82) is 0 Å². The van der Waals surface area contributed by atoms with Crippen LogP contribution in [0, 0.1) is 0 Å². The Hall–Kier alpha value is -2.67. The van der Waals surface area contributed by atoms with E-state index < -0.39 is 0 Å². The molecule has 0 saturated heterocycles. The highest BCUT2D eigenvalue weighted by Crippen LogP contribution is 2.26. The monoisotopic (exact) mass is 258 g/mol. The maximum atomic E-state index is 12.5. The van der Waals surface area contributed by atoms with Gasteiger partial charge in [0.1, 0.15) is 0 Å². The van der Waals surface area contributed by atoms with Gasteiger partial charge in [0.25, 0.3) is 0 Å². The predicted octanol–water partition coefficient (Wildman–Crippen LogP) is 4.74. The second kappa shape index (κ2) is 5.14.